The van der Waals surface area contributed by atoms with Crippen molar-refractivity contribution in [1.29, 1.82) is 0 Å². The maximum Gasteiger partial charge on any atom is 0.340 e. The topological polar surface area (TPSA) is 69.7 Å². The van der Waals surface area contributed by atoms with Crippen LogP contribution in [0.3, 0.4) is 0 Å². The maximum absolute atomic E-state index is 12.0. The summed E-state index contributed by atoms with van der Waals surface area (Å²) in [6, 6.07) is 2.60. The largest absolute Gasteiger partial charge is 0.456 e. The molecular weight excluding hydrogens is 395 g/mol. The molecule has 1 atom stereocenters. The van der Waals surface area contributed by atoms with Gasteiger partial charge in [0.1, 0.15) is 11.0 Å². The van der Waals surface area contributed by atoms with E-state index < -0.39 is 15.0 Å². The zero-order valence-electron chi connectivity index (χ0n) is 9.94. The Bertz CT molecular complexity index is 640. The molecule has 1 aliphatic heterocycles. The van der Waals surface area contributed by atoms with E-state index in [1.165, 1.54) is 12.1 Å². The highest BCUT2D eigenvalue weighted by Crippen LogP contribution is 2.32. The van der Waals surface area contributed by atoms with Crippen molar-refractivity contribution in [3.8, 4) is 0 Å². The Morgan fingerprint density at radius 3 is 2.70 bits per heavy atom. The van der Waals surface area contributed by atoms with Gasteiger partial charge in [-0.3, -0.25) is 0 Å². The van der Waals surface area contributed by atoms with Crippen molar-refractivity contribution in [2.45, 2.75) is 17.4 Å². The molecule has 0 amide bonds. The molecule has 1 aromatic carbocycles. The molecule has 0 aromatic heterocycles. The fourth-order valence-electron chi connectivity index (χ4n) is 1.71. The molecule has 1 fully saturated rings. The normalized spacial score (nSPS) is 19.1. The van der Waals surface area contributed by atoms with E-state index >= 15 is 0 Å². The molecule has 0 radical (unpaired) electrons. The second-order valence-corrected chi connectivity index (χ2v) is 7.92. The fourth-order valence-corrected chi connectivity index (χ4v) is 3.89. The number of hydrogen-bond donors (Lipinski definition) is 0. The smallest absolute Gasteiger partial charge is 0.340 e. The first kappa shape index (κ1) is 16.0. The van der Waals surface area contributed by atoms with E-state index in [1.54, 1.807) is 0 Å². The average Bonchev–Trinajstić information content (AvgIpc) is 2.83. The van der Waals surface area contributed by atoms with Gasteiger partial charge < -0.3 is 9.47 Å². The lowest BCUT2D eigenvalue weighted by Crippen LogP contribution is -2.18. The number of carbonyl (C=O) groups is 1. The zero-order chi connectivity index (χ0) is 14.9. The quantitative estimate of drug-likeness (QED) is 0.573. The van der Waals surface area contributed by atoms with Crippen molar-refractivity contribution in [1.82, 2.24) is 0 Å². The van der Waals surface area contributed by atoms with Crippen molar-refractivity contribution in [3.05, 3.63) is 27.2 Å². The summed E-state index contributed by atoms with van der Waals surface area (Å²) in [5.74, 6) is -0.714. The Balaban J connectivity index is 2.36. The van der Waals surface area contributed by atoms with E-state index in [2.05, 4.69) is 15.9 Å². The first-order chi connectivity index (χ1) is 9.29. The molecule has 0 N–H and O–H groups in total. The van der Waals surface area contributed by atoms with Crippen LogP contribution in [-0.4, -0.2) is 33.7 Å². The van der Waals surface area contributed by atoms with Gasteiger partial charge in [0.15, 0.2) is 0 Å². The number of benzene rings is 1. The molecule has 0 bridgehead atoms. The van der Waals surface area contributed by atoms with E-state index in [1.807, 2.05) is 0 Å². The van der Waals surface area contributed by atoms with Crippen molar-refractivity contribution in [3.63, 3.8) is 0 Å². The molecule has 1 aliphatic rings. The van der Waals surface area contributed by atoms with Crippen LogP contribution < -0.4 is 0 Å². The Kier molecular flexibility index (Phi) is 4.96. The molecule has 1 heterocycles. The van der Waals surface area contributed by atoms with E-state index in [4.69, 9.17) is 31.8 Å². The van der Waals surface area contributed by atoms with Crippen molar-refractivity contribution < 1.29 is 22.7 Å². The molecule has 5 nitrogen and oxygen atoms in total. The van der Waals surface area contributed by atoms with Gasteiger partial charge in [0, 0.05) is 21.6 Å². The Morgan fingerprint density at radius 2 is 2.15 bits per heavy atom. The van der Waals surface area contributed by atoms with Crippen LogP contribution in [0.25, 0.3) is 0 Å². The predicted molar refractivity (Wildman–Crippen MR) is 76.8 cm³/mol. The summed E-state index contributed by atoms with van der Waals surface area (Å²) < 4.78 is 33.5. The van der Waals surface area contributed by atoms with E-state index in [0.29, 0.717) is 24.1 Å². The summed E-state index contributed by atoms with van der Waals surface area (Å²) in [7, 11) is 1.22. The summed E-state index contributed by atoms with van der Waals surface area (Å²) in [4.78, 5) is 11.7. The minimum Gasteiger partial charge on any atom is -0.456 e. The standard InChI is InChI=1S/C11H9BrCl2O5S/c12-6-3-8(10(13)9(4-6)20(14,16)17)11(15)19-7-1-2-18-5-7/h3-4,7H,1-2,5H2. The lowest BCUT2D eigenvalue weighted by Gasteiger charge is -2.12. The first-order valence-corrected chi connectivity index (χ1v) is 8.99. The van der Waals surface area contributed by atoms with E-state index in [0.717, 1.165) is 0 Å². The summed E-state index contributed by atoms with van der Waals surface area (Å²) in [5, 5.41) is -0.257. The van der Waals surface area contributed by atoms with E-state index in [-0.39, 0.29) is 21.6 Å². The van der Waals surface area contributed by atoms with Crippen LogP contribution >= 0.6 is 38.2 Å². The second-order valence-electron chi connectivity index (χ2n) is 4.09. The molecular formula is C11H9BrCl2O5S. The van der Waals surface area contributed by atoms with Gasteiger partial charge in [-0.2, -0.15) is 0 Å². The van der Waals surface area contributed by atoms with Crippen LogP contribution in [0.4, 0.5) is 0 Å². The third-order valence-electron chi connectivity index (χ3n) is 2.65. The third-order valence-corrected chi connectivity index (χ3v) is 4.97. The van der Waals surface area contributed by atoms with Gasteiger partial charge in [0.05, 0.1) is 23.8 Å². The summed E-state index contributed by atoms with van der Waals surface area (Å²) in [6.45, 7) is 0.837. The summed E-state index contributed by atoms with van der Waals surface area (Å²) in [5.41, 5.74) is -0.0628. The van der Waals surface area contributed by atoms with Gasteiger partial charge in [-0.15, -0.1) is 0 Å². The molecule has 110 valence electrons. The molecule has 1 saturated heterocycles. The Labute approximate surface area is 133 Å². The highest BCUT2D eigenvalue weighted by Gasteiger charge is 2.26. The van der Waals surface area contributed by atoms with Gasteiger partial charge in [-0.1, -0.05) is 27.5 Å². The molecule has 1 aromatic rings. The van der Waals surface area contributed by atoms with Crippen LogP contribution in [0.15, 0.2) is 21.5 Å². The van der Waals surface area contributed by atoms with Crippen LogP contribution in [0.1, 0.15) is 16.8 Å². The molecule has 20 heavy (non-hydrogen) atoms. The molecule has 0 aliphatic carbocycles. The molecule has 0 spiro atoms. The lowest BCUT2D eigenvalue weighted by molar-refractivity contribution is 0.0270. The third kappa shape index (κ3) is 3.65. The molecule has 9 heteroatoms. The molecule has 2 rings (SSSR count). The zero-order valence-corrected chi connectivity index (χ0v) is 13.9. The van der Waals surface area contributed by atoms with Crippen LogP contribution in [0.2, 0.25) is 5.02 Å². The fraction of sp³-hybridized carbons (Fsp3) is 0.364. The van der Waals surface area contributed by atoms with Gasteiger partial charge in [-0.05, 0) is 12.1 Å². The predicted octanol–water partition coefficient (Wildman–Crippen LogP) is 2.98. The van der Waals surface area contributed by atoms with Crippen molar-refractivity contribution in [2.75, 3.05) is 13.2 Å². The van der Waals surface area contributed by atoms with E-state index in [9.17, 15) is 13.2 Å². The van der Waals surface area contributed by atoms with Crippen LogP contribution in [0.5, 0.6) is 0 Å². The Hall–Kier alpha value is -0.340. The average molecular weight is 404 g/mol. The maximum atomic E-state index is 12.0. The minimum absolute atomic E-state index is 0.0628. The summed E-state index contributed by atoms with van der Waals surface area (Å²) in [6.07, 6.45) is 0.242. The highest BCUT2D eigenvalue weighted by atomic mass is 79.9. The SMILES string of the molecule is O=C(OC1CCOC1)c1cc(Br)cc(S(=O)(=O)Cl)c1Cl. The first-order valence-electron chi connectivity index (χ1n) is 5.51. The highest BCUT2D eigenvalue weighted by molar-refractivity contribution is 9.10. The number of rotatable bonds is 3. The second kappa shape index (κ2) is 6.19. The minimum atomic E-state index is -4.06. The van der Waals surface area contributed by atoms with Crippen LogP contribution in [-0.2, 0) is 18.5 Å². The molecule has 1 unspecified atom stereocenters. The van der Waals surface area contributed by atoms with Gasteiger partial charge in [0.2, 0.25) is 0 Å². The number of hydrogen-bond acceptors (Lipinski definition) is 5. The van der Waals surface area contributed by atoms with Crippen molar-refractivity contribution >= 4 is 53.2 Å². The monoisotopic (exact) mass is 402 g/mol. The number of halogens is 3. The van der Waals surface area contributed by atoms with Gasteiger partial charge in [-0.25, -0.2) is 13.2 Å². The lowest BCUT2D eigenvalue weighted by atomic mass is 10.2. The van der Waals surface area contributed by atoms with Crippen LogP contribution in [0, 0.1) is 0 Å². The van der Waals surface area contributed by atoms with Gasteiger partial charge >= 0.3 is 5.97 Å². The Morgan fingerprint density at radius 1 is 1.45 bits per heavy atom. The number of carbonyl (C=O) groups excluding carboxylic acids is 1. The van der Waals surface area contributed by atoms with Crippen molar-refractivity contribution in [2.24, 2.45) is 0 Å². The molecule has 0 saturated carbocycles. The number of ether oxygens (including phenoxy) is 2. The van der Waals surface area contributed by atoms with Gasteiger partial charge in [0.25, 0.3) is 9.05 Å². The number of esters is 1. The summed E-state index contributed by atoms with van der Waals surface area (Å²) >= 11 is 9.04.